The predicted octanol–water partition coefficient (Wildman–Crippen LogP) is 2.07. The Balaban J connectivity index is 1.91. The molecule has 110 valence electrons. The van der Waals surface area contributed by atoms with Gasteiger partial charge in [-0.05, 0) is 44.0 Å². The monoisotopic (exact) mass is 278 g/mol. The predicted molar refractivity (Wildman–Crippen MR) is 77.9 cm³/mol. The molecule has 1 N–H and O–H groups in total. The SMILES string of the molecule is CNC[C@H]1CCN(C(=O)[C@H](C)Cc2ccccc2F)C1. The first-order chi connectivity index (χ1) is 9.61. The number of amides is 1. The highest BCUT2D eigenvalue weighted by Gasteiger charge is 2.28. The molecule has 0 aromatic heterocycles. The first kappa shape index (κ1) is 15.0. The highest BCUT2D eigenvalue weighted by molar-refractivity contribution is 5.79. The van der Waals surface area contributed by atoms with Crippen LogP contribution in [0.2, 0.25) is 0 Å². The fourth-order valence-electron chi connectivity index (χ4n) is 2.88. The number of rotatable bonds is 5. The van der Waals surface area contributed by atoms with Gasteiger partial charge in [-0.25, -0.2) is 4.39 Å². The summed E-state index contributed by atoms with van der Waals surface area (Å²) in [6.07, 6.45) is 1.53. The van der Waals surface area contributed by atoms with E-state index in [0.29, 0.717) is 17.9 Å². The van der Waals surface area contributed by atoms with Gasteiger partial charge < -0.3 is 10.2 Å². The van der Waals surface area contributed by atoms with E-state index in [1.807, 2.05) is 24.9 Å². The van der Waals surface area contributed by atoms with Gasteiger partial charge in [0.05, 0.1) is 0 Å². The quantitative estimate of drug-likeness (QED) is 0.894. The van der Waals surface area contributed by atoms with Crippen molar-refractivity contribution >= 4 is 5.91 Å². The number of carbonyl (C=O) groups excluding carboxylic acids is 1. The van der Waals surface area contributed by atoms with Crippen molar-refractivity contribution in [3.05, 3.63) is 35.6 Å². The van der Waals surface area contributed by atoms with Crippen LogP contribution in [-0.2, 0) is 11.2 Å². The normalized spacial score (nSPS) is 20.1. The summed E-state index contributed by atoms with van der Waals surface area (Å²) in [5, 5.41) is 3.16. The van der Waals surface area contributed by atoms with E-state index in [4.69, 9.17) is 0 Å². The smallest absolute Gasteiger partial charge is 0.225 e. The van der Waals surface area contributed by atoms with Gasteiger partial charge in [-0.15, -0.1) is 0 Å². The maximum absolute atomic E-state index is 13.6. The van der Waals surface area contributed by atoms with Crippen molar-refractivity contribution in [1.29, 1.82) is 0 Å². The van der Waals surface area contributed by atoms with E-state index in [2.05, 4.69) is 5.32 Å². The molecule has 3 nitrogen and oxygen atoms in total. The summed E-state index contributed by atoms with van der Waals surface area (Å²) in [5.41, 5.74) is 0.624. The van der Waals surface area contributed by atoms with Crippen LogP contribution in [0.1, 0.15) is 18.9 Å². The van der Waals surface area contributed by atoms with Gasteiger partial charge in [0.2, 0.25) is 5.91 Å². The van der Waals surface area contributed by atoms with E-state index in [9.17, 15) is 9.18 Å². The number of halogens is 1. The third-order valence-electron chi connectivity index (χ3n) is 4.00. The van der Waals surface area contributed by atoms with Crippen molar-refractivity contribution in [2.45, 2.75) is 19.8 Å². The molecule has 0 aliphatic carbocycles. The molecule has 1 saturated heterocycles. The lowest BCUT2D eigenvalue weighted by Crippen LogP contribution is -2.35. The minimum atomic E-state index is -0.221. The van der Waals surface area contributed by atoms with Crippen LogP contribution in [-0.4, -0.2) is 37.5 Å². The number of hydrogen-bond donors (Lipinski definition) is 1. The topological polar surface area (TPSA) is 32.3 Å². The summed E-state index contributed by atoms with van der Waals surface area (Å²) in [4.78, 5) is 14.3. The molecule has 1 aliphatic heterocycles. The maximum atomic E-state index is 13.6. The van der Waals surface area contributed by atoms with Crippen LogP contribution in [0.15, 0.2) is 24.3 Å². The molecule has 1 fully saturated rings. The molecule has 0 bridgehead atoms. The van der Waals surface area contributed by atoms with Gasteiger partial charge in [-0.1, -0.05) is 25.1 Å². The average Bonchev–Trinajstić information content (AvgIpc) is 2.89. The van der Waals surface area contributed by atoms with Gasteiger partial charge in [-0.3, -0.25) is 4.79 Å². The molecule has 1 aromatic carbocycles. The maximum Gasteiger partial charge on any atom is 0.225 e. The van der Waals surface area contributed by atoms with Gasteiger partial charge in [0.15, 0.2) is 0 Å². The van der Waals surface area contributed by atoms with Gasteiger partial charge in [0.1, 0.15) is 5.82 Å². The average molecular weight is 278 g/mol. The minimum absolute atomic E-state index is 0.145. The number of benzene rings is 1. The Bertz CT molecular complexity index is 464. The van der Waals surface area contributed by atoms with Crippen LogP contribution in [0.5, 0.6) is 0 Å². The van der Waals surface area contributed by atoms with Crippen molar-refractivity contribution < 1.29 is 9.18 Å². The van der Waals surface area contributed by atoms with Crippen LogP contribution >= 0.6 is 0 Å². The summed E-state index contributed by atoms with van der Waals surface area (Å²) in [5.74, 6) is 0.304. The number of nitrogens with one attached hydrogen (secondary N) is 1. The summed E-state index contributed by atoms with van der Waals surface area (Å²) >= 11 is 0. The van der Waals surface area contributed by atoms with Crippen LogP contribution in [0, 0.1) is 17.7 Å². The molecule has 0 radical (unpaired) electrons. The number of likely N-dealkylation sites (tertiary alicyclic amines) is 1. The van der Waals surface area contributed by atoms with E-state index in [-0.39, 0.29) is 17.6 Å². The van der Waals surface area contributed by atoms with Crippen molar-refractivity contribution in [2.75, 3.05) is 26.7 Å². The highest BCUT2D eigenvalue weighted by atomic mass is 19.1. The fourth-order valence-corrected chi connectivity index (χ4v) is 2.88. The van der Waals surface area contributed by atoms with Gasteiger partial charge in [-0.2, -0.15) is 0 Å². The molecular formula is C16H23FN2O. The third-order valence-corrected chi connectivity index (χ3v) is 4.00. The summed E-state index contributed by atoms with van der Waals surface area (Å²) in [6.45, 7) is 4.49. The van der Waals surface area contributed by atoms with E-state index in [1.54, 1.807) is 12.1 Å². The van der Waals surface area contributed by atoms with E-state index in [1.165, 1.54) is 6.07 Å². The van der Waals surface area contributed by atoms with Crippen molar-refractivity contribution in [1.82, 2.24) is 10.2 Å². The molecule has 1 heterocycles. The minimum Gasteiger partial charge on any atom is -0.342 e. The fraction of sp³-hybridized carbons (Fsp3) is 0.562. The second-order valence-electron chi connectivity index (χ2n) is 5.69. The Morgan fingerprint density at radius 3 is 2.95 bits per heavy atom. The van der Waals surface area contributed by atoms with Crippen LogP contribution in [0.25, 0.3) is 0 Å². The standard InChI is InChI=1S/C16H23FN2O/c1-12(9-14-5-3-4-6-15(14)17)16(20)19-8-7-13(11-19)10-18-2/h3-6,12-13,18H,7-11H2,1-2H3/t12-,13-/m1/s1. The van der Waals surface area contributed by atoms with Crippen molar-refractivity contribution in [2.24, 2.45) is 11.8 Å². The first-order valence-electron chi connectivity index (χ1n) is 7.28. The summed E-state index contributed by atoms with van der Waals surface area (Å²) in [7, 11) is 1.94. The van der Waals surface area contributed by atoms with Gasteiger partial charge in [0, 0.05) is 19.0 Å². The Kier molecular flexibility index (Phi) is 5.12. The summed E-state index contributed by atoms with van der Waals surface area (Å²) < 4.78 is 13.6. The molecule has 1 aliphatic rings. The molecule has 20 heavy (non-hydrogen) atoms. The molecule has 0 unspecified atom stereocenters. The first-order valence-corrected chi connectivity index (χ1v) is 7.28. The molecule has 4 heteroatoms. The Hall–Kier alpha value is -1.42. The molecule has 2 rings (SSSR count). The lowest BCUT2D eigenvalue weighted by molar-refractivity contribution is -0.134. The van der Waals surface area contributed by atoms with Crippen LogP contribution < -0.4 is 5.32 Å². The lowest BCUT2D eigenvalue weighted by Gasteiger charge is -2.21. The Labute approximate surface area is 120 Å². The van der Waals surface area contributed by atoms with E-state index >= 15 is 0 Å². The second-order valence-corrected chi connectivity index (χ2v) is 5.69. The largest absolute Gasteiger partial charge is 0.342 e. The second kappa shape index (κ2) is 6.84. The van der Waals surface area contributed by atoms with E-state index < -0.39 is 0 Å². The number of hydrogen-bond acceptors (Lipinski definition) is 2. The number of nitrogens with zero attached hydrogens (tertiary/aromatic N) is 1. The third kappa shape index (κ3) is 3.57. The summed E-state index contributed by atoms with van der Waals surface area (Å²) in [6, 6.07) is 6.70. The molecule has 2 atom stereocenters. The molecule has 1 amide bonds. The highest BCUT2D eigenvalue weighted by Crippen LogP contribution is 2.20. The van der Waals surface area contributed by atoms with Crippen LogP contribution in [0.4, 0.5) is 4.39 Å². The molecule has 1 aromatic rings. The van der Waals surface area contributed by atoms with E-state index in [0.717, 1.165) is 26.1 Å². The van der Waals surface area contributed by atoms with Crippen LogP contribution in [0.3, 0.4) is 0 Å². The van der Waals surface area contributed by atoms with Crippen molar-refractivity contribution in [3.63, 3.8) is 0 Å². The Morgan fingerprint density at radius 2 is 2.25 bits per heavy atom. The van der Waals surface area contributed by atoms with Gasteiger partial charge in [0.25, 0.3) is 0 Å². The van der Waals surface area contributed by atoms with Crippen molar-refractivity contribution in [3.8, 4) is 0 Å². The zero-order valence-electron chi connectivity index (χ0n) is 12.2. The Morgan fingerprint density at radius 1 is 1.50 bits per heavy atom. The zero-order valence-corrected chi connectivity index (χ0v) is 12.2. The molecular weight excluding hydrogens is 255 g/mol. The zero-order chi connectivity index (χ0) is 14.5. The van der Waals surface area contributed by atoms with Gasteiger partial charge >= 0.3 is 0 Å². The molecule has 0 saturated carbocycles. The number of carbonyl (C=O) groups is 1. The molecule has 0 spiro atoms. The lowest BCUT2D eigenvalue weighted by atomic mass is 9.99.